The predicted molar refractivity (Wildman–Crippen MR) is 114 cm³/mol. The van der Waals surface area contributed by atoms with Crippen molar-refractivity contribution in [2.45, 2.75) is 56.6 Å². The van der Waals surface area contributed by atoms with E-state index in [2.05, 4.69) is 17.6 Å². The summed E-state index contributed by atoms with van der Waals surface area (Å²) in [5.74, 6) is 0.0203. The minimum Gasteiger partial charge on any atom is -0.326 e. The van der Waals surface area contributed by atoms with Crippen LogP contribution in [0.1, 0.15) is 45.1 Å². The number of hydrogen-bond donors (Lipinski definition) is 2. The number of nitrogens with one attached hydrogen (secondary N) is 2. The minimum absolute atomic E-state index is 0.0104. The third-order valence-corrected chi connectivity index (χ3v) is 5.49. The second-order valence-electron chi connectivity index (χ2n) is 6.55. The second-order valence-corrected chi connectivity index (χ2v) is 7.83. The van der Waals surface area contributed by atoms with Gasteiger partial charge in [-0.1, -0.05) is 44.0 Å². The highest BCUT2D eigenvalue weighted by atomic mass is 32.2. The van der Waals surface area contributed by atoms with Gasteiger partial charge in [-0.15, -0.1) is 11.8 Å². The number of benzene rings is 2. The van der Waals surface area contributed by atoms with E-state index in [1.165, 1.54) is 11.8 Å². The summed E-state index contributed by atoms with van der Waals surface area (Å²) >= 11 is 1.51. The van der Waals surface area contributed by atoms with E-state index in [4.69, 9.17) is 0 Å². The Kier molecular flexibility index (Phi) is 8.40. The normalized spacial score (nSPS) is 11.7. The van der Waals surface area contributed by atoms with Gasteiger partial charge in [0.2, 0.25) is 11.8 Å². The maximum absolute atomic E-state index is 12.6. The van der Waals surface area contributed by atoms with E-state index in [1.807, 2.05) is 62.4 Å². The molecule has 2 N–H and O–H groups in total. The lowest BCUT2D eigenvalue weighted by Gasteiger charge is -2.15. The maximum atomic E-state index is 12.6. The van der Waals surface area contributed by atoms with Crippen LogP contribution in [0, 0.1) is 6.92 Å². The summed E-state index contributed by atoms with van der Waals surface area (Å²) in [6.07, 6.45) is 3.13. The van der Waals surface area contributed by atoms with E-state index < -0.39 is 0 Å². The number of rotatable bonds is 9. The first-order valence-electron chi connectivity index (χ1n) is 9.46. The number of anilines is 2. The molecule has 27 heavy (non-hydrogen) atoms. The molecule has 0 aliphatic rings. The molecule has 2 aromatic carbocycles. The summed E-state index contributed by atoms with van der Waals surface area (Å²) < 4.78 is 0. The van der Waals surface area contributed by atoms with Gasteiger partial charge < -0.3 is 10.6 Å². The third-order valence-electron chi connectivity index (χ3n) is 4.14. The molecule has 2 rings (SSSR count). The van der Waals surface area contributed by atoms with Gasteiger partial charge in [0.05, 0.1) is 5.25 Å². The Morgan fingerprint density at radius 3 is 2.41 bits per heavy atom. The number of hydrogen-bond acceptors (Lipinski definition) is 3. The molecule has 0 spiro atoms. The Labute approximate surface area is 166 Å². The fourth-order valence-corrected chi connectivity index (χ4v) is 3.57. The molecule has 1 unspecified atom stereocenters. The Balaban J connectivity index is 1.98. The van der Waals surface area contributed by atoms with Crippen molar-refractivity contribution in [2.75, 3.05) is 10.6 Å². The van der Waals surface area contributed by atoms with Crippen molar-refractivity contribution in [3.8, 4) is 0 Å². The molecule has 4 nitrogen and oxygen atoms in total. The van der Waals surface area contributed by atoms with Crippen molar-refractivity contribution >= 4 is 35.0 Å². The largest absolute Gasteiger partial charge is 0.326 e. The van der Waals surface area contributed by atoms with Crippen LogP contribution in [0.15, 0.2) is 53.4 Å². The molecule has 0 aliphatic heterocycles. The highest BCUT2D eigenvalue weighted by Gasteiger charge is 2.18. The van der Waals surface area contributed by atoms with Gasteiger partial charge in [0.1, 0.15) is 0 Å². The molecular weight excluding hydrogens is 356 g/mol. The van der Waals surface area contributed by atoms with Gasteiger partial charge in [-0.25, -0.2) is 0 Å². The average molecular weight is 385 g/mol. The molecular formula is C22H28N2O2S. The van der Waals surface area contributed by atoms with Crippen LogP contribution in [0.5, 0.6) is 0 Å². The molecule has 2 amide bonds. The fourth-order valence-electron chi connectivity index (χ4n) is 2.55. The minimum atomic E-state index is -0.197. The molecule has 0 bridgehead atoms. The smallest absolute Gasteiger partial charge is 0.237 e. The first-order chi connectivity index (χ1) is 13.0. The average Bonchev–Trinajstić information content (AvgIpc) is 2.66. The number of carbonyl (C=O) groups is 2. The van der Waals surface area contributed by atoms with Gasteiger partial charge in [-0.05, 0) is 50.1 Å². The summed E-state index contributed by atoms with van der Waals surface area (Å²) in [5, 5.41) is 5.71. The summed E-state index contributed by atoms with van der Waals surface area (Å²) in [5.41, 5.74) is 2.74. The molecule has 0 aliphatic carbocycles. The molecule has 5 heteroatoms. The lowest BCUT2D eigenvalue weighted by molar-refractivity contribution is -0.116. The van der Waals surface area contributed by atoms with Crippen molar-refractivity contribution in [2.24, 2.45) is 0 Å². The van der Waals surface area contributed by atoms with Gasteiger partial charge in [-0.2, -0.15) is 0 Å². The van der Waals surface area contributed by atoms with Crippen molar-refractivity contribution < 1.29 is 9.59 Å². The highest BCUT2D eigenvalue weighted by Crippen LogP contribution is 2.28. The van der Waals surface area contributed by atoms with Crippen LogP contribution < -0.4 is 10.6 Å². The molecule has 0 radical (unpaired) electrons. The Bertz CT molecular complexity index is 759. The van der Waals surface area contributed by atoms with Crippen LogP contribution in [0.3, 0.4) is 0 Å². The zero-order valence-corrected chi connectivity index (χ0v) is 17.1. The Hall–Kier alpha value is -2.27. The second kappa shape index (κ2) is 10.8. The number of unbranched alkanes of at least 4 members (excludes halogenated alkanes) is 1. The van der Waals surface area contributed by atoms with Crippen LogP contribution in [-0.4, -0.2) is 17.1 Å². The monoisotopic (exact) mass is 384 g/mol. The van der Waals surface area contributed by atoms with Crippen molar-refractivity contribution in [3.05, 3.63) is 54.1 Å². The van der Waals surface area contributed by atoms with Crippen LogP contribution in [0.2, 0.25) is 0 Å². The zero-order chi connectivity index (χ0) is 19.6. The Morgan fingerprint density at radius 1 is 1.00 bits per heavy atom. The molecule has 0 saturated heterocycles. The molecule has 0 aromatic heterocycles. The van der Waals surface area contributed by atoms with Crippen molar-refractivity contribution in [3.63, 3.8) is 0 Å². The van der Waals surface area contributed by atoms with Gasteiger partial charge >= 0.3 is 0 Å². The lowest BCUT2D eigenvalue weighted by atomic mass is 10.2. The first kappa shape index (κ1) is 21.0. The van der Waals surface area contributed by atoms with E-state index in [9.17, 15) is 9.59 Å². The van der Waals surface area contributed by atoms with Gasteiger partial charge in [0.15, 0.2) is 0 Å². The SMILES string of the molecule is CCCCC(=O)Nc1cccc(SC(CC)C(=O)Nc2ccc(C)cc2)c1. The summed E-state index contributed by atoms with van der Waals surface area (Å²) in [7, 11) is 0. The summed E-state index contributed by atoms with van der Waals surface area (Å²) in [6, 6.07) is 15.5. The third kappa shape index (κ3) is 7.10. The van der Waals surface area contributed by atoms with E-state index in [-0.39, 0.29) is 17.1 Å². The number of amides is 2. The molecule has 0 heterocycles. The predicted octanol–water partition coefficient (Wildman–Crippen LogP) is 5.63. The van der Waals surface area contributed by atoms with Crippen molar-refractivity contribution in [1.29, 1.82) is 0 Å². The van der Waals surface area contributed by atoms with Crippen molar-refractivity contribution in [1.82, 2.24) is 0 Å². The zero-order valence-electron chi connectivity index (χ0n) is 16.2. The number of carbonyl (C=O) groups excluding carboxylic acids is 2. The number of thioether (sulfide) groups is 1. The van der Waals surface area contributed by atoms with Crippen LogP contribution in [-0.2, 0) is 9.59 Å². The molecule has 0 fully saturated rings. The van der Waals surface area contributed by atoms with Crippen LogP contribution >= 0.6 is 11.8 Å². The van der Waals surface area contributed by atoms with E-state index >= 15 is 0 Å². The van der Waals surface area contributed by atoms with E-state index in [0.717, 1.165) is 41.1 Å². The summed E-state index contributed by atoms with van der Waals surface area (Å²) in [6.45, 7) is 6.09. The van der Waals surface area contributed by atoms with E-state index in [0.29, 0.717) is 6.42 Å². The highest BCUT2D eigenvalue weighted by molar-refractivity contribution is 8.00. The molecule has 144 valence electrons. The molecule has 1 atom stereocenters. The topological polar surface area (TPSA) is 58.2 Å². The van der Waals surface area contributed by atoms with Gasteiger partial charge in [0.25, 0.3) is 0 Å². The van der Waals surface area contributed by atoms with E-state index in [1.54, 1.807) is 0 Å². The van der Waals surface area contributed by atoms with Crippen LogP contribution in [0.25, 0.3) is 0 Å². The standard InChI is InChI=1S/C22H28N2O2S/c1-4-6-10-21(25)23-18-8-7-9-19(15-18)27-20(5-2)22(26)24-17-13-11-16(3)12-14-17/h7-9,11-15,20H,4-6,10H2,1-3H3,(H,23,25)(H,24,26). The lowest BCUT2D eigenvalue weighted by Crippen LogP contribution is -2.24. The van der Waals surface area contributed by atoms with Gasteiger partial charge in [0, 0.05) is 22.7 Å². The Morgan fingerprint density at radius 2 is 1.74 bits per heavy atom. The first-order valence-corrected chi connectivity index (χ1v) is 10.3. The number of aryl methyl sites for hydroxylation is 1. The maximum Gasteiger partial charge on any atom is 0.237 e. The van der Waals surface area contributed by atoms with Crippen LogP contribution in [0.4, 0.5) is 11.4 Å². The van der Waals surface area contributed by atoms with Gasteiger partial charge in [-0.3, -0.25) is 9.59 Å². The molecule has 2 aromatic rings. The quantitative estimate of drug-likeness (QED) is 0.551. The molecule has 0 saturated carbocycles. The summed E-state index contributed by atoms with van der Waals surface area (Å²) in [4.78, 5) is 25.5. The fraction of sp³-hybridized carbons (Fsp3) is 0.364.